The molecule has 0 amide bonds. The Morgan fingerprint density at radius 2 is 1.31 bits per heavy atom. The van der Waals surface area contributed by atoms with E-state index in [1.165, 1.54) is 51.4 Å². The van der Waals surface area contributed by atoms with Crippen LogP contribution in [0.25, 0.3) is 0 Å². The molecular weight excluding hydrogens is 158 g/mol. The first kappa shape index (κ1) is 8.05. The topological polar surface area (TPSA) is 12.0 Å². The Hall–Kier alpha value is -0.300. The van der Waals surface area contributed by atoms with Gasteiger partial charge in [-0.25, -0.2) is 0 Å². The first-order chi connectivity index (χ1) is 6.45. The first-order valence-electron chi connectivity index (χ1n) is 5.93. The van der Waals surface area contributed by atoms with Crippen LogP contribution in [-0.2, 0) is 0 Å². The maximum Gasteiger partial charge on any atom is 0.0288 e. The van der Waals surface area contributed by atoms with Crippen molar-refractivity contribution in [3.05, 3.63) is 11.1 Å². The van der Waals surface area contributed by atoms with E-state index in [9.17, 15) is 0 Å². The molecule has 1 heterocycles. The highest BCUT2D eigenvalue weighted by atomic mass is 15.0. The highest BCUT2D eigenvalue weighted by Gasteiger charge is 2.34. The average molecular weight is 177 g/mol. The largest absolute Gasteiger partial charge is 0.304 e. The third-order valence-electron chi connectivity index (χ3n) is 4.03. The third-order valence-corrected chi connectivity index (χ3v) is 4.03. The number of nitrogens with one attached hydrogen (secondary N) is 1. The van der Waals surface area contributed by atoms with Gasteiger partial charge in [0.1, 0.15) is 0 Å². The van der Waals surface area contributed by atoms with Crippen molar-refractivity contribution in [1.82, 2.24) is 5.32 Å². The Morgan fingerprint density at radius 3 is 1.85 bits per heavy atom. The van der Waals surface area contributed by atoms with Gasteiger partial charge in [-0.05, 0) is 38.5 Å². The molecule has 2 saturated carbocycles. The Morgan fingerprint density at radius 1 is 0.769 bits per heavy atom. The number of hydrogen-bond acceptors (Lipinski definition) is 1. The van der Waals surface area contributed by atoms with Gasteiger partial charge in [0.05, 0.1) is 0 Å². The molecule has 0 saturated heterocycles. The Kier molecular flexibility index (Phi) is 1.93. The lowest BCUT2D eigenvalue weighted by molar-refractivity contribution is 0.430. The molecule has 0 bridgehead atoms. The molecule has 1 aliphatic heterocycles. The van der Waals surface area contributed by atoms with Crippen LogP contribution in [0.4, 0.5) is 0 Å². The molecule has 1 N–H and O–H groups in total. The number of rotatable bonds is 0. The van der Waals surface area contributed by atoms with Crippen LogP contribution >= 0.6 is 0 Å². The van der Waals surface area contributed by atoms with Crippen molar-refractivity contribution in [2.75, 3.05) is 0 Å². The summed E-state index contributed by atoms with van der Waals surface area (Å²) in [4.78, 5) is 0. The van der Waals surface area contributed by atoms with Crippen LogP contribution in [0.5, 0.6) is 0 Å². The first-order valence-corrected chi connectivity index (χ1v) is 5.93. The van der Waals surface area contributed by atoms with Crippen molar-refractivity contribution in [1.29, 1.82) is 0 Å². The molecule has 3 rings (SSSR count). The van der Waals surface area contributed by atoms with Crippen LogP contribution in [0.3, 0.4) is 0 Å². The van der Waals surface area contributed by atoms with E-state index >= 15 is 0 Å². The summed E-state index contributed by atoms with van der Waals surface area (Å²) in [7, 11) is 0. The minimum Gasteiger partial charge on any atom is -0.304 e. The molecule has 1 heteroatoms. The Balaban J connectivity index is 1.89. The van der Waals surface area contributed by atoms with Crippen molar-refractivity contribution in [3.63, 3.8) is 0 Å². The Bertz CT molecular complexity index is 218. The normalized spacial score (nSPS) is 38.8. The van der Waals surface area contributed by atoms with Gasteiger partial charge in [0.25, 0.3) is 0 Å². The molecule has 1 nitrogen and oxygen atoms in total. The van der Waals surface area contributed by atoms with E-state index in [2.05, 4.69) is 5.32 Å². The monoisotopic (exact) mass is 177 g/mol. The lowest BCUT2D eigenvalue weighted by atomic mass is 9.84. The zero-order valence-corrected chi connectivity index (χ0v) is 8.31. The molecule has 13 heavy (non-hydrogen) atoms. The number of hydrogen-bond donors (Lipinski definition) is 1. The standard InChI is InChI=1S/C12H19N/c1-3-7-11-9(5-1)10-6-2-4-8-12(10)13-11/h11-13H,1-8H2/t11-,12+. The smallest absolute Gasteiger partial charge is 0.0288 e. The molecule has 2 atom stereocenters. The van der Waals surface area contributed by atoms with E-state index < -0.39 is 0 Å². The van der Waals surface area contributed by atoms with Gasteiger partial charge in [-0.1, -0.05) is 24.0 Å². The summed E-state index contributed by atoms with van der Waals surface area (Å²) in [6, 6.07) is 1.60. The van der Waals surface area contributed by atoms with Gasteiger partial charge in [0.15, 0.2) is 0 Å². The molecule has 2 fully saturated rings. The van der Waals surface area contributed by atoms with Gasteiger partial charge in [0, 0.05) is 12.1 Å². The highest BCUT2D eigenvalue weighted by molar-refractivity contribution is 5.33. The fourth-order valence-corrected chi connectivity index (χ4v) is 3.40. The summed E-state index contributed by atoms with van der Waals surface area (Å²) in [6.07, 6.45) is 11.4. The third kappa shape index (κ3) is 1.25. The summed E-state index contributed by atoms with van der Waals surface area (Å²) < 4.78 is 0. The van der Waals surface area contributed by atoms with Gasteiger partial charge >= 0.3 is 0 Å². The second-order valence-corrected chi connectivity index (χ2v) is 4.81. The molecule has 3 aliphatic rings. The maximum absolute atomic E-state index is 3.82. The fourth-order valence-electron chi connectivity index (χ4n) is 3.40. The molecule has 72 valence electrons. The molecule has 0 unspecified atom stereocenters. The highest BCUT2D eigenvalue weighted by Crippen LogP contribution is 2.39. The van der Waals surface area contributed by atoms with E-state index in [1.54, 1.807) is 0 Å². The Labute approximate surface area is 80.6 Å². The van der Waals surface area contributed by atoms with Gasteiger partial charge < -0.3 is 5.32 Å². The van der Waals surface area contributed by atoms with Crippen molar-refractivity contribution in [2.45, 2.75) is 63.5 Å². The van der Waals surface area contributed by atoms with Gasteiger partial charge in [0.2, 0.25) is 0 Å². The minimum absolute atomic E-state index is 0.798. The van der Waals surface area contributed by atoms with Gasteiger partial charge in [-0.3, -0.25) is 0 Å². The summed E-state index contributed by atoms with van der Waals surface area (Å²) in [5.74, 6) is 0. The minimum atomic E-state index is 0.798. The SMILES string of the molecule is C1CC[C@@H]2N[C@@H]3CCCCC3=C2C1. The lowest BCUT2D eigenvalue weighted by Gasteiger charge is -2.21. The molecular formula is C12H19N. The molecule has 0 aromatic heterocycles. The fraction of sp³-hybridized carbons (Fsp3) is 0.833. The van der Waals surface area contributed by atoms with E-state index in [4.69, 9.17) is 0 Å². The van der Waals surface area contributed by atoms with Crippen LogP contribution in [0.2, 0.25) is 0 Å². The summed E-state index contributed by atoms with van der Waals surface area (Å²) >= 11 is 0. The summed E-state index contributed by atoms with van der Waals surface area (Å²) in [5, 5.41) is 3.82. The van der Waals surface area contributed by atoms with Crippen LogP contribution in [0.15, 0.2) is 11.1 Å². The number of fused-ring (bicyclic) bond motifs is 2. The summed E-state index contributed by atoms with van der Waals surface area (Å²) in [6.45, 7) is 0. The van der Waals surface area contributed by atoms with E-state index in [0.717, 1.165) is 12.1 Å². The van der Waals surface area contributed by atoms with E-state index in [1.807, 2.05) is 11.1 Å². The maximum atomic E-state index is 3.82. The second kappa shape index (κ2) is 3.13. The van der Waals surface area contributed by atoms with Crippen LogP contribution < -0.4 is 5.32 Å². The summed E-state index contributed by atoms with van der Waals surface area (Å²) in [5.41, 5.74) is 3.66. The second-order valence-electron chi connectivity index (χ2n) is 4.81. The van der Waals surface area contributed by atoms with Crippen LogP contribution in [0.1, 0.15) is 51.4 Å². The quantitative estimate of drug-likeness (QED) is 0.561. The molecule has 0 aromatic carbocycles. The van der Waals surface area contributed by atoms with E-state index in [0.29, 0.717) is 0 Å². The van der Waals surface area contributed by atoms with Crippen molar-refractivity contribution in [2.24, 2.45) is 0 Å². The van der Waals surface area contributed by atoms with Gasteiger partial charge in [-0.15, -0.1) is 0 Å². The molecule has 0 aromatic rings. The van der Waals surface area contributed by atoms with Crippen molar-refractivity contribution < 1.29 is 0 Å². The van der Waals surface area contributed by atoms with Crippen LogP contribution in [-0.4, -0.2) is 12.1 Å². The predicted molar refractivity (Wildman–Crippen MR) is 54.7 cm³/mol. The van der Waals surface area contributed by atoms with E-state index in [-0.39, 0.29) is 0 Å². The zero-order valence-electron chi connectivity index (χ0n) is 8.31. The molecule has 0 radical (unpaired) electrons. The van der Waals surface area contributed by atoms with Crippen LogP contribution in [0, 0.1) is 0 Å². The van der Waals surface area contributed by atoms with Crippen molar-refractivity contribution >= 4 is 0 Å². The van der Waals surface area contributed by atoms with Gasteiger partial charge in [-0.2, -0.15) is 0 Å². The lowest BCUT2D eigenvalue weighted by Crippen LogP contribution is -2.34. The average Bonchev–Trinajstić information content (AvgIpc) is 2.56. The predicted octanol–water partition coefficient (Wildman–Crippen LogP) is 2.77. The molecule has 2 aliphatic carbocycles. The van der Waals surface area contributed by atoms with Crippen molar-refractivity contribution in [3.8, 4) is 0 Å². The zero-order chi connectivity index (χ0) is 8.67. The molecule has 0 spiro atoms.